The monoisotopic (exact) mass is 381 g/mol. The lowest BCUT2D eigenvalue weighted by Gasteiger charge is -2.14. The summed E-state index contributed by atoms with van der Waals surface area (Å²) in [6.45, 7) is 4.38. The number of carbonyl (C=O) groups excluding carboxylic acids is 2. The third kappa shape index (κ3) is 4.27. The number of anilines is 1. The van der Waals surface area contributed by atoms with Gasteiger partial charge in [0.1, 0.15) is 10.6 Å². The number of esters is 1. The van der Waals surface area contributed by atoms with Crippen LogP contribution < -0.4 is 10.0 Å². The van der Waals surface area contributed by atoms with Crippen LogP contribution in [0.25, 0.3) is 0 Å². The quantitative estimate of drug-likeness (QED) is 0.724. The summed E-state index contributed by atoms with van der Waals surface area (Å²) in [6, 6.07) is 4.95. The maximum Gasteiger partial charge on any atom is 0.337 e. The van der Waals surface area contributed by atoms with Gasteiger partial charge in [-0.1, -0.05) is 5.16 Å². The van der Waals surface area contributed by atoms with E-state index in [4.69, 9.17) is 4.52 Å². The molecule has 1 aromatic carbocycles. The van der Waals surface area contributed by atoms with Crippen LogP contribution in [-0.2, 0) is 19.6 Å². The molecule has 2 rings (SSSR count). The maximum atomic E-state index is 12.4. The standard InChI is InChI=1S/C16H19N3O6S/c1-9-14(11(3)25-18-9)26(22,23)19-10(2)15(20)17-13-7-5-12(6-8-13)16(21)24-4/h5-8,10,19H,1-4H3,(H,17,20)/t10-/m0/s1. The number of ether oxygens (including phenoxy) is 1. The molecule has 2 aromatic rings. The van der Waals surface area contributed by atoms with Crippen LogP contribution in [0.1, 0.15) is 28.7 Å². The molecule has 1 heterocycles. The van der Waals surface area contributed by atoms with Crippen molar-refractivity contribution in [3.05, 3.63) is 41.3 Å². The fraction of sp³-hybridized carbons (Fsp3) is 0.312. The summed E-state index contributed by atoms with van der Waals surface area (Å²) >= 11 is 0. The van der Waals surface area contributed by atoms with Crippen LogP contribution in [0, 0.1) is 13.8 Å². The van der Waals surface area contributed by atoms with Crippen LogP contribution in [-0.4, -0.2) is 38.6 Å². The average Bonchev–Trinajstić information content (AvgIpc) is 2.93. The lowest BCUT2D eigenvalue weighted by molar-refractivity contribution is -0.117. The van der Waals surface area contributed by atoms with Gasteiger partial charge in [-0.2, -0.15) is 4.72 Å². The van der Waals surface area contributed by atoms with E-state index in [1.54, 1.807) is 0 Å². The number of amides is 1. The zero-order valence-electron chi connectivity index (χ0n) is 14.7. The molecule has 2 N–H and O–H groups in total. The number of hydrogen-bond donors (Lipinski definition) is 2. The Morgan fingerprint density at radius 2 is 1.81 bits per heavy atom. The number of carbonyl (C=O) groups is 2. The molecule has 0 saturated carbocycles. The van der Waals surface area contributed by atoms with Crippen LogP contribution in [0.15, 0.2) is 33.7 Å². The highest BCUT2D eigenvalue weighted by Gasteiger charge is 2.28. The molecule has 9 nitrogen and oxygen atoms in total. The molecule has 0 fully saturated rings. The zero-order valence-corrected chi connectivity index (χ0v) is 15.5. The van der Waals surface area contributed by atoms with Crippen LogP contribution in [0.2, 0.25) is 0 Å². The molecule has 0 aliphatic heterocycles. The zero-order chi connectivity index (χ0) is 19.5. The van der Waals surface area contributed by atoms with Gasteiger partial charge in [-0.3, -0.25) is 4.79 Å². The van der Waals surface area contributed by atoms with Gasteiger partial charge in [0.05, 0.1) is 18.7 Å². The average molecular weight is 381 g/mol. The van der Waals surface area contributed by atoms with Crippen LogP contribution in [0.5, 0.6) is 0 Å². The van der Waals surface area contributed by atoms with E-state index in [9.17, 15) is 18.0 Å². The van der Waals surface area contributed by atoms with Crippen molar-refractivity contribution in [2.45, 2.75) is 31.7 Å². The van der Waals surface area contributed by atoms with Gasteiger partial charge < -0.3 is 14.6 Å². The molecule has 140 valence electrons. The summed E-state index contributed by atoms with van der Waals surface area (Å²) in [5.74, 6) is -0.921. The molecule has 0 saturated heterocycles. The largest absolute Gasteiger partial charge is 0.465 e. The first-order chi connectivity index (χ1) is 12.2. The smallest absolute Gasteiger partial charge is 0.337 e. The first-order valence-corrected chi connectivity index (χ1v) is 9.08. The Morgan fingerprint density at radius 1 is 1.19 bits per heavy atom. The van der Waals surface area contributed by atoms with Gasteiger partial charge in [0.25, 0.3) is 0 Å². The highest BCUT2D eigenvalue weighted by Crippen LogP contribution is 2.19. The fourth-order valence-corrected chi connectivity index (χ4v) is 3.79. The van der Waals surface area contributed by atoms with Crippen molar-refractivity contribution in [2.75, 3.05) is 12.4 Å². The first-order valence-electron chi connectivity index (χ1n) is 7.60. The van der Waals surface area contributed by atoms with E-state index in [1.807, 2.05) is 0 Å². The molecular weight excluding hydrogens is 362 g/mol. The molecule has 1 amide bonds. The normalized spacial score (nSPS) is 12.5. The van der Waals surface area contributed by atoms with E-state index in [2.05, 4.69) is 19.9 Å². The second kappa shape index (κ2) is 7.67. The highest BCUT2D eigenvalue weighted by atomic mass is 32.2. The predicted octanol–water partition coefficient (Wildman–Crippen LogP) is 1.38. The Bertz CT molecular complexity index is 898. The second-order valence-electron chi connectivity index (χ2n) is 5.55. The maximum absolute atomic E-state index is 12.4. The van der Waals surface area contributed by atoms with Crippen molar-refractivity contribution in [3.63, 3.8) is 0 Å². The number of sulfonamides is 1. The van der Waals surface area contributed by atoms with Crippen molar-refractivity contribution in [1.29, 1.82) is 0 Å². The summed E-state index contributed by atoms with van der Waals surface area (Å²) in [4.78, 5) is 23.5. The van der Waals surface area contributed by atoms with Gasteiger partial charge >= 0.3 is 5.97 Å². The minimum Gasteiger partial charge on any atom is -0.465 e. The first kappa shape index (κ1) is 19.6. The van der Waals surface area contributed by atoms with Crippen molar-refractivity contribution < 1.29 is 27.3 Å². The van der Waals surface area contributed by atoms with E-state index in [-0.39, 0.29) is 16.3 Å². The van der Waals surface area contributed by atoms with E-state index < -0.39 is 27.9 Å². The molecule has 0 bridgehead atoms. The van der Waals surface area contributed by atoms with Crippen molar-refractivity contribution in [2.24, 2.45) is 0 Å². The molecule has 0 aliphatic rings. The number of aryl methyl sites for hydroxylation is 2. The number of benzene rings is 1. The molecule has 26 heavy (non-hydrogen) atoms. The Kier molecular flexibility index (Phi) is 5.78. The molecule has 1 aromatic heterocycles. The Balaban J connectivity index is 2.07. The molecule has 0 spiro atoms. The Morgan fingerprint density at radius 3 is 2.31 bits per heavy atom. The summed E-state index contributed by atoms with van der Waals surface area (Å²) in [6.07, 6.45) is 0. The molecule has 0 unspecified atom stereocenters. The van der Waals surface area contributed by atoms with Gasteiger partial charge in [0, 0.05) is 5.69 Å². The van der Waals surface area contributed by atoms with Crippen molar-refractivity contribution >= 4 is 27.6 Å². The minimum absolute atomic E-state index is 0.0837. The number of hydrogen-bond acceptors (Lipinski definition) is 7. The number of aromatic nitrogens is 1. The van der Waals surface area contributed by atoms with Gasteiger partial charge in [0.2, 0.25) is 15.9 Å². The van der Waals surface area contributed by atoms with Gasteiger partial charge in [0.15, 0.2) is 5.76 Å². The van der Waals surface area contributed by atoms with Crippen molar-refractivity contribution in [3.8, 4) is 0 Å². The van der Waals surface area contributed by atoms with Gasteiger partial charge in [-0.15, -0.1) is 0 Å². The Labute approximate surface area is 150 Å². The lowest BCUT2D eigenvalue weighted by atomic mass is 10.2. The number of nitrogens with zero attached hydrogens (tertiary/aromatic N) is 1. The molecular formula is C16H19N3O6S. The molecule has 0 aliphatic carbocycles. The van der Waals surface area contributed by atoms with Gasteiger partial charge in [-0.25, -0.2) is 13.2 Å². The lowest BCUT2D eigenvalue weighted by Crippen LogP contribution is -2.41. The van der Waals surface area contributed by atoms with Gasteiger partial charge in [-0.05, 0) is 45.0 Å². The number of rotatable bonds is 6. The van der Waals surface area contributed by atoms with E-state index >= 15 is 0 Å². The summed E-state index contributed by atoms with van der Waals surface area (Å²) < 4.78 is 36.6. The topological polar surface area (TPSA) is 128 Å². The van der Waals surface area contributed by atoms with Crippen molar-refractivity contribution in [1.82, 2.24) is 9.88 Å². The number of nitrogens with one attached hydrogen (secondary N) is 2. The highest BCUT2D eigenvalue weighted by molar-refractivity contribution is 7.89. The SMILES string of the molecule is COC(=O)c1ccc(NC(=O)[C@H](C)NS(=O)(=O)c2c(C)noc2C)cc1. The Hall–Kier alpha value is -2.72. The summed E-state index contributed by atoms with van der Waals surface area (Å²) in [5.41, 5.74) is 0.949. The fourth-order valence-electron chi connectivity index (χ4n) is 2.26. The van der Waals surface area contributed by atoms with Crippen LogP contribution >= 0.6 is 0 Å². The summed E-state index contributed by atoms with van der Waals surface area (Å²) in [7, 11) is -2.70. The third-order valence-electron chi connectivity index (χ3n) is 3.54. The van der Waals surface area contributed by atoms with Crippen LogP contribution in [0.4, 0.5) is 5.69 Å². The van der Waals surface area contributed by atoms with E-state index in [0.717, 1.165) is 0 Å². The number of methoxy groups -OCH3 is 1. The second-order valence-corrected chi connectivity index (χ2v) is 7.21. The summed E-state index contributed by atoms with van der Waals surface area (Å²) in [5, 5.41) is 6.17. The minimum atomic E-state index is -3.96. The van der Waals surface area contributed by atoms with E-state index in [0.29, 0.717) is 11.3 Å². The molecule has 10 heteroatoms. The molecule has 1 atom stereocenters. The molecule has 0 radical (unpaired) electrons. The predicted molar refractivity (Wildman–Crippen MR) is 92.2 cm³/mol. The third-order valence-corrected chi connectivity index (χ3v) is 5.32. The van der Waals surface area contributed by atoms with Crippen LogP contribution in [0.3, 0.4) is 0 Å². The van der Waals surface area contributed by atoms with E-state index in [1.165, 1.54) is 52.1 Å².